The maximum atomic E-state index is 12.0. The highest BCUT2D eigenvalue weighted by Gasteiger charge is 2.17. The van der Waals surface area contributed by atoms with Gasteiger partial charge in [-0.05, 0) is 19.1 Å². The lowest BCUT2D eigenvalue weighted by atomic mass is 10.4. The van der Waals surface area contributed by atoms with E-state index in [2.05, 4.69) is 4.98 Å². The Kier molecular flexibility index (Phi) is 3.96. The number of carbonyl (C=O) groups excluding carboxylic acids is 1. The molecule has 15 heavy (non-hydrogen) atoms. The van der Waals surface area contributed by atoms with Gasteiger partial charge in [0.25, 0.3) is 5.91 Å². The maximum Gasteiger partial charge on any atom is 0.315 e. The van der Waals surface area contributed by atoms with Crippen molar-refractivity contribution in [2.24, 2.45) is 0 Å². The Morgan fingerprint density at radius 2 is 2.40 bits per heavy atom. The summed E-state index contributed by atoms with van der Waals surface area (Å²) in [5.41, 5.74) is 0.143. The monoisotopic (exact) mass is 216 g/mol. The van der Waals surface area contributed by atoms with Gasteiger partial charge in [-0.2, -0.15) is 8.78 Å². The van der Waals surface area contributed by atoms with Crippen molar-refractivity contribution in [1.82, 2.24) is 4.98 Å². The molecule has 0 radical (unpaired) electrons. The molecule has 0 aliphatic carbocycles. The van der Waals surface area contributed by atoms with Crippen LogP contribution in [0, 0.1) is 0 Å². The zero-order valence-electron chi connectivity index (χ0n) is 8.04. The third-order valence-electron chi connectivity index (χ3n) is 1.51. The smallest absolute Gasteiger partial charge is 0.315 e. The first-order chi connectivity index (χ1) is 7.15. The number of hydrogen-bond donors (Lipinski definition) is 1. The molecular formula is C9H10F2N2O2. The molecule has 0 saturated heterocycles. The zero-order valence-corrected chi connectivity index (χ0v) is 8.04. The van der Waals surface area contributed by atoms with Gasteiger partial charge in [0, 0.05) is 6.20 Å². The van der Waals surface area contributed by atoms with Crippen molar-refractivity contribution >= 4 is 11.6 Å². The molecule has 0 bridgehead atoms. The molecule has 0 aromatic carbocycles. The number of halogens is 2. The van der Waals surface area contributed by atoms with E-state index in [0.717, 1.165) is 0 Å². The van der Waals surface area contributed by atoms with Gasteiger partial charge in [-0.1, -0.05) is 0 Å². The van der Waals surface area contributed by atoms with E-state index < -0.39 is 12.3 Å². The summed E-state index contributed by atoms with van der Waals surface area (Å²) in [6.07, 6.45) is -1.61. The summed E-state index contributed by atoms with van der Waals surface area (Å²) in [5.74, 6) is -1.24. The average Bonchev–Trinajstić information content (AvgIpc) is 2.21. The number of hydrogen-bond acceptors (Lipinski definition) is 3. The standard InChI is InChI=1S/C9H10F2N2O2/c1-2-15-9-6(4-3-5-12-9)13-8(14)7(10)11/h3-5,7H,2H2,1H3,(H,13,14). The van der Waals surface area contributed by atoms with Crippen LogP contribution in [0.4, 0.5) is 14.5 Å². The number of anilines is 1. The molecule has 82 valence electrons. The number of alkyl halides is 2. The number of nitrogens with zero attached hydrogens (tertiary/aromatic N) is 1. The van der Waals surface area contributed by atoms with Crippen LogP contribution in [-0.4, -0.2) is 23.9 Å². The number of amides is 1. The van der Waals surface area contributed by atoms with Gasteiger partial charge in [0.2, 0.25) is 5.88 Å². The van der Waals surface area contributed by atoms with Crippen LogP contribution in [0.2, 0.25) is 0 Å². The van der Waals surface area contributed by atoms with Crippen molar-refractivity contribution in [2.45, 2.75) is 13.3 Å². The van der Waals surface area contributed by atoms with Gasteiger partial charge in [0.05, 0.1) is 6.61 Å². The predicted octanol–water partition coefficient (Wildman–Crippen LogP) is 1.68. The van der Waals surface area contributed by atoms with Crippen LogP contribution in [0.3, 0.4) is 0 Å². The molecular weight excluding hydrogens is 206 g/mol. The Balaban J connectivity index is 2.79. The number of aromatic nitrogens is 1. The van der Waals surface area contributed by atoms with Crippen LogP contribution in [0.5, 0.6) is 5.88 Å². The van der Waals surface area contributed by atoms with E-state index >= 15 is 0 Å². The third kappa shape index (κ3) is 3.16. The molecule has 0 fully saturated rings. The molecule has 0 aliphatic rings. The van der Waals surface area contributed by atoms with Crippen LogP contribution in [0.15, 0.2) is 18.3 Å². The molecule has 1 aromatic heterocycles. The number of carbonyl (C=O) groups is 1. The number of nitrogens with one attached hydrogen (secondary N) is 1. The fourth-order valence-corrected chi connectivity index (χ4v) is 0.925. The van der Waals surface area contributed by atoms with E-state index in [9.17, 15) is 13.6 Å². The highest BCUT2D eigenvalue weighted by molar-refractivity contribution is 5.94. The average molecular weight is 216 g/mol. The Hall–Kier alpha value is -1.72. The normalized spacial score (nSPS) is 10.1. The molecule has 4 nitrogen and oxygen atoms in total. The van der Waals surface area contributed by atoms with Gasteiger partial charge in [0.15, 0.2) is 0 Å². The molecule has 1 aromatic rings. The van der Waals surface area contributed by atoms with E-state index in [1.807, 2.05) is 5.32 Å². The Bertz CT molecular complexity index is 345. The first-order valence-corrected chi connectivity index (χ1v) is 4.32. The molecule has 1 heterocycles. The number of rotatable bonds is 4. The minimum absolute atomic E-state index is 0.133. The van der Waals surface area contributed by atoms with Crippen molar-refractivity contribution in [3.05, 3.63) is 18.3 Å². The fraction of sp³-hybridized carbons (Fsp3) is 0.333. The zero-order chi connectivity index (χ0) is 11.3. The lowest BCUT2D eigenvalue weighted by Crippen LogP contribution is -2.20. The van der Waals surface area contributed by atoms with Gasteiger partial charge in [-0.15, -0.1) is 0 Å². The summed E-state index contributed by atoms with van der Waals surface area (Å²) < 4.78 is 29.0. The largest absolute Gasteiger partial charge is 0.476 e. The minimum Gasteiger partial charge on any atom is -0.476 e. The molecule has 0 aliphatic heterocycles. The van der Waals surface area contributed by atoms with Gasteiger partial charge >= 0.3 is 6.43 Å². The van der Waals surface area contributed by atoms with E-state index in [1.165, 1.54) is 18.3 Å². The van der Waals surface area contributed by atoms with Crippen molar-refractivity contribution in [3.63, 3.8) is 0 Å². The Morgan fingerprint density at radius 3 is 3.00 bits per heavy atom. The second kappa shape index (κ2) is 5.23. The van der Waals surface area contributed by atoms with Gasteiger partial charge in [-0.25, -0.2) is 4.98 Å². The van der Waals surface area contributed by atoms with Crippen LogP contribution in [-0.2, 0) is 4.79 Å². The fourth-order valence-electron chi connectivity index (χ4n) is 0.925. The molecule has 1 N–H and O–H groups in total. The Labute approximate surface area is 85.3 Å². The molecule has 1 rings (SSSR count). The quantitative estimate of drug-likeness (QED) is 0.833. The number of pyridine rings is 1. The van der Waals surface area contributed by atoms with E-state index in [1.54, 1.807) is 6.92 Å². The summed E-state index contributed by atoms with van der Waals surface area (Å²) in [6, 6.07) is 2.96. The molecule has 0 spiro atoms. The predicted molar refractivity (Wildman–Crippen MR) is 50.0 cm³/mol. The lowest BCUT2D eigenvalue weighted by molar-refractivity contribution is -0.126. The SMILES string of the molecule is CCOc1ncccc1NC(=O)C(F)F. The van der Waals surface area contributed by atoms with Crippen LogP contribution in [0.25, 0.3) is 0 Å². The third-order valence-corrected chi connectivity index (χ3v) is 1.51. The van der Waals surface area contributed by atoms with Crippen LogP contribution < -0.4 is 10.1 Å². The van der Waals surface area contributed by atoms with Crippen molar-refractivity contribution in [1.29, 1.82) is 0 Å². The Morgan fingerprint density at radius 1 is 1.67 bits per heavy atom. The maximum absolute atomic E-state index is 12.0. The second-order valence-corrected chi connectivity index (χ2v) is 2.58. The molecule has 0 unspecified atom stereocenters. The second-order valence-electron chi connectivity index (χ2n) is 2.58. The summed E-state index contributed by atoms with van der Waals surface area (Å²) in [4.78, 5) is 14.5. The molecule has 0 saturated carbocycles. The van der Waals surface area contributed by atoms with Gasteiger partial charge in [-0.3, -0.25) is 4.79 Å². The van der Waals surface area contributed by atoms with E-state index in [-0.39, 0.29) is 11.6 Å². The summed E-state index contributed by atoms with van der Waals surface area (Å²) in [6.45, 7) is 2.07. The highest BCUT2D eigenvalue weighted by Crippen LogP contribution is 2.20. The molecule has 0 atom stereocenters. The van der Waals surface area contributed by atoms with Crippen molar-refractivity contribution in [2.75, 3.05) is 11.9 Å². The van der Waals surface area contributed by atoms with Crippen molar-refractivity contribution < 1.29 is 18.3 Å². The minimum atomic E-state index is -3.06. The van der Waals surface area contributed by atoms with Gasteiger partial charge < -0.3 is 10.1 Å². The first-order valence-electron chi connectivity index (χ1n) is 4.32. The van der Waals surface area contributed by atoms with Crippen LogP contribution >= 0.6 is 0 Å². The van der Waals surface area contributed by atoms with E-state index in [4.69, 9.17) is 4.74 Å². The summed E-state index contributed by atoms with van der Waals surface area (Å²) >= 11 is 0. The summed E-state index contributed by atoms with van der Waals surface area (Å²) in [5, 5.41) is 2.02. The molecule has 1 amide bonds. The first kappa shape index (κ1) is 11.4. The van der Waals surface area contributed by atoms with Gasteiger partial charge in [0.1, 0.15) is 5.69 Å². The number of ether oxygens (including phenoxy) is 1. The highest BCUT2D eigenvalue weighted by atomic mass is 19.3. The van der Waals surface area contributed by atoms with Crippen LogP contribution in [0.1, 0.15) is 6.92 Å². The molecule has 6 heteroatoms. The topological polar surface area (TPSA) is 51.2 Å². The van der Waals surface area contributed by atoms with E-state index in [0.29, 0.717) is 6.61 Å². The lowest BCUT2D eigenvalue weighted by Gasteiger charge is -2.09. The van der Waals surface area contributed by atoms with Crippen molar-refractivity contribution in [3.8, 4) is 5.88 Å². The summed E-state index contributed by atoms with van der Waals surface area (Å²) in [7, 11) is 0.